The van der Waals surface area contributed by atoms with Gasteiger partial charge in [0.15, 0.2) is 9.84 Å². The van der Waals surface area contributed by atoms with E-state index in [2.05, 4.69) is 10.2 Å². The normalized spacial score (nSPS) is 24.4. The van der Waals surface area contributed by atoms with Gasteiger partial charge in [-0.1, -0.05) is 0 Å². The Morgan fingerprint density at radius 2 is 1.76 bits per heavy atom. The zero-order chi connectivity index (χ0) is 14.9. The summed E-state index contributed by atoms with van der Waals surface area (Å²) >= 11 is 0. The largest absolute Gasteiger partial charge is 0.372 e. The van der Waals surface area contributed by atoms with Gasteiger partial charge in [-0.05, 0) is 62.4 Å². The molecule has 0 saturated carbocycles. The summed E-state index contributed by atoms with van der Waals surface area (Å²) in [5.41, 5.74) is 1.14. The van der Waals surface area contributed by atoms with Gasteiger partial charge in [0.25, 0.3) is 0 Å². The average Bonchev–Trinajstić information content (AvgIpc) is 3.01. The van der Waals surface area contributed by atoms with E-state index in [1.165, 1.54) is 38.5 Å². The van der Waals surface area contributed by atoms with Crippen LogP contribution in [0.25, 0.3) is 0 Å². The molecular formula is C16H24N2O2S. The highest BCUT2D eigenvalue weighted by Crippen LogP contribution is 2.28. The Hall–Kier alpha value is -1.07. The second-order valence-corrected chi connectivity index (χ2v) is 8.31. The van der Waals surface area contributed by atoms with Crippen molar-refractivity contribution in [3.05, 3.63) is 24.3 Å². The van der Waals surface area contributed by atoms with E-state index in [1.54, 1.807) is 12.1 Å². The Balaban J connectivity index is 1.61. The van der Waals surface area contributed by atoms with Crippen LogP contribution in [0.3, 0.4) is 0 Å². The van der Waals surface area contributed by atoms with Crippen LogP contribution < -0.4 is 10.2 Å². The minimum absolute atomic E-state index is 0.399. The van der Waals surface area contributed by atoms with Gasteiger partial charge >= 0.3 is 0 Å². The molecule has 0 aliphatic carbocycles. The van der Waals surface area contributed by atoms with E-state index in [9.17, 15) is 8.42 Å². The van der Waals surface area contributed by atoms with Crippen LogP contribution in [0.4, 0.5) is 5.69 Å². The molecule has 0 amide bonds. The SMILES string of the molecule is CS(=O)(=O)c1ccc(N2CCC(C3CCCN3)CC2)cc1. The van der Waals surface area contributed by atoms with Crippen molar-refractivity contribution in [3.8, 4) is 0 Å². The Labute approximate surface area is 127 Å². The molecule has 2 saturated heterocycles. The van der Waals surface area contributed by atoms with E-state index >= 15 is 0 Å². The summed E-state index contributed by atoms with van der Waals surface area (Å²) < 4.78 is 23.0. The Morgan fingerprint density at radius 3 is 2.29 bits per heavy atom. The predicted molar refractivity (Wildman–Crippen MR) is 85.5 cm³/mol. The molecule has 21 heavy (non-hydrogen) atoms. The van der Waals surface area contributed by atoms with Gasteiger partial charge in [-0.2, -0.15) is 0 Å². The highest BCUT2D eigenvalue weighted by atomic mass is 32.2. The van der Waals surface area contributed by atoms with Crippen molar-refractivity contribution in [3.63, 3.8) is 0 Å². The van der Waals surface area contributed by atoms with E-state index < -0.39 is 9.84 Å². The average molecular weight is 308 g/mol. The molecule has 3 rings (SSSR count). The van der Waals surface area contributed by atoms with Gasteiger partial charge in [0.2, 0.25) is 0 Å². The van der Waals surface area contributed by atoms with Gasteiger partial charge in [-0.3, -0.25) is 0 Å². The van der Waals surface area contributed by atoms with Gasteiger partial charge in [-0.15, -0.1) is 0 Å². The topological polar surface area (TPSA) is 49.4 Å². The van der Waals surface area contributed by atoms with Gasteiger partial charge in [0, 0.05) is 31.1 Å². The van der Waals surface area contributed by atoms with Crippen molar-refractivity contribution >= 4 is 15.5 Å². The minimum atomic E-state index is -3.10. The minimum Gasteiger partial charge on any atom is -0.372 e. The molecule has 0 bridgehead atoms. The molecule has 1 aromatic rings. The number of hydrogen-bond donors (Lipinski definition) is 1. The summed E-state index contributed by atoms with van der Waals surface area (Å²) in [7, 11) is -3.10. The number of nitrogens with one attached hydrogen (secondary N) is 1. The Morgan fingerprint density at radius 1 is 1.10 bits per heavy atom. The van der Waals surface area contributed by atoms with Gasteiger partial charge in [0.05, 0.1) is 4.90 Å². The second kappa shape index (κ2) is 5.97. The van der Waals surface area contributed by atoms with E-state index in [-0.39, 0.29) is 0 Å². The van der Waals surface area contributed by atoms with Crippen LogP contribution in [0, 0.1) is 5.92 Å². The van der Waals surface area contributed by atoms with E-state index in [1.807, 2.05) is 12.1 Å². The highest BCUT2D eigenvalue weighted by molar-refractivity contribution is 7.90. The lowest BCUT2D eigenvalue weighted by atomic mass is 9.88. The molecule has 4 nitrogen and oxygen atoms in total. The van der Waals surface area contributed by atoms with E-state index in [4.69, 9.17) is 0 Å². The molecular weight excluding hydrogens is 284 g/mol. The van der Waals surface area contributed by atoms with Gasteiger partial charge < -0.3 is 10.2 Å². The summed E-state index contributed by atoms with van der Waals surface area (Å²) in [6.07, 6.45) is 6.35. The van der Waals surface area contributed by atoms with Crippen molar-refractivity contribution < 1.29 is 8.42 Å². The highest BCUT2D eigenvalue weighted by Gasteiger charge is 2.28. The Kier molecular flexibility index (Phi) is 4.22. The first-order chi connectivity index (χ1) is 10.0. The molecule has 1 unspecified atom stereocenters. The maximum absolute atomic E-state index is 11.5. The maximum Gasteiger partial charge on any atom is 0.175 e. The smallest absolute Gasteiger partial charge is 0.175 e. The van der Waals surface area contributed by atoms with Crippen LogP contribution >= 0.6 is 0 Å². The third-order valence-corrected chi connectivity index (χ3v) is 5.97. The summed E-state index contributed by atoms with van der Waals surface area (Å²) in [5, 5.41) is 3.62. The van der Waals surface area contributed by atoms with Crippen molar-refractivity contribution in [2.24, 2.45) is 5.92 Å². The third kappa shape index (κ3) is 3.40. The van der Waals surface area contributed by atoms with E-state index in [0.717, 1.165) is 30.7 Å². The van der Waals surface area contributed by atoms with Crippen molar-refractivity contribution in [2.45, 2.75) is 36.6 Å². The first-order valence-corrected chi connectivity index (χ1v) is 9.71. The number of benzene rings is 1. The lowest BCUT2D eigenvalue weighted by Gasteiger charge is -2.36. The molecule has 1 atom stereocenters. The molecule has 0 spiro atoms. The molecule has 2 heterocycles. The molecule has 2 fully saturated rings. The van der Waals surface area contributed by atoms with Crippen LogP contribution in [0.2, 0.25) is 0 Å². The first kappa shape index (κ1) is 14.9. The van der Waals surface area contributed by atoms with Crippen molar-refractivity contribution in [1.29, 1.82) is 0 Å². The lowest BCUT2D eigenvalue weighted by molar-refractivity contribution is 0.319. The Bertz CT molecular complexity index is 569. The van der Waals surface area contributed by atoms with Crippen LogP contribution in [-0.4, -0.2) is 40.3 Å². The van der Waals surface area contributed by atoms with Crippen LogP contribution in [0.15, 0.2) is 29.2 Å². The molecule has 116 valence electrons. The number of anilines is 1. The van der Waals surface area contributed by atoms with E-state index in [0.29, 0.717) is 4.90 Å². The van der Waals surface area contributed by atoms with Crippen LogP contribution in [0.1, 0.15) is 25.7 Å². The molecule has 1 N–H and O–H groups in total. The molecule has 0 aromatic heterocycles. The second-order valence-electron chi connectivity index (χ2n) is 6.29. The standard InChI is InChI=1S/C16H24N2O2S/c1-21(19,20)15-6-4-14(5-7-15)18-11-8-13(9-12-18)16-3-2-10-17-16/h4-7,13,16-17H,2-3,8-12H2,1H3. The summed E-state index contributed by atoms with van der Waals surface area (Å²) in [5.74, 6) is 0.805. The zero-order valence-electron chi connectivity index (χ0n) is 12.6. The summed E-state index contributed by atoms with van der Waals surface area (Å²) in [4.78, 5) is 2.77. The zero-order valence-corrected chi connectivity index (χ0v) is 13.4. The lowest BCUT2D eigenvalue weighted by Crippen LogP contribution is -2.40. The number of nitrogens with zero attached hydrogens (tertiary/aromatic N) is 1. The number of sulfone groups is 1. The molecule has 5 heteroatoms. The summed E-state index contributed by atoms with van der Waals surface area (Å²) in [6.45, 7) is 3.32. The molecule has 2 aliphatic rings. The first-order valence-electron chi connectivity index (χ1n) is 7.82. The van der Waals surface area contributed by atoms with Crippen LogP contribution in [-0.2, 0) is 9.84 Å². The van der Waals surface area contributed by atoms with Gasteiger partial charge in [0.1, 0.15) is 0 Å². The quantitative estimate of drug-likeness (QED) is 0.928. The predicted octanol–water partition coefficient (Wildman–Crippen LogP) is 2.06. The monoisotopic (exact) mass is 308 g/mol. The number of piperidine rings is 1. The van der Waals surface area contributed by atoms with Crippen molar-refractivity contribution in [1.82, 2.24) is 5.32 Å². The number of hydrogen-bond acceptors (Lipinski definition) is 4. The molecule has 2 aliphatic heterocycles. The fourth-order valence-corrected chi connectivity index (χ4v) is 4.21. The van der Waals surface area contributed by atoms with Crippen molar-refractivity contribution in [2.75, 3.05) is 30.8 Å². The fraction of sp³-hybridized carbons (Fsp3) is 0.625. The molecule has 1 aromatic carbocycles. The number of rotatable bonds is 3. The van der Waals surface area contributed by atoms with Gasteiger partial charge in [-0.25, -0.2) is 8.42 Å². The maximum atomic E-state index is 11.5. The fourth-order valence-electron chi connectivity index (χ4n) is 3.58. The molecule has 0 radical (unpaired) electrons. The third-order valence-electron chi connectivity index (χ3n) is 4.84. The van der Waals surface area contributed by atoms with Crippen LogP contribution in [0.5, 0.6) is 0 Å². The summed E-state index contributed by atoms with van der Waals surface area (Å²) in [6, 6.07) is 8.03.